The van der Waals surface area contributed by atoms with Crippen molar-refractivity contribution in [2.45, 2.75) is 6.42 Å². The Hall–Kier alpha value is -1.69. The number of halogens is 2. The van der Waals surface area contributed by atoms with Gasteiger partial charge in [-0.3, -0.25) is 4.79 Å². The third-order valence-electron chi connectivity index (χ3n) is 2.85. The summed E-state index contributed by atoms with van der Waals surface area (Å²) >= 11 is 0. The first kappa shape index (κ1) is 12.8. The molecule has 0 spiro atoms. The summed E-state index contributed by atoms with van der Waals surface area (Å²) in [5, 5.41) is 0. The number of nitrogens with two attached hydrogens (primary N) is 1. The number of hydrogen-bond acceptors (Lipinski definition) is 3. The first-order valence-corrected chi connectivity index (χ1v) is 5.67. The number of morpholine rings is 1. The lowest BCUT2D eigenvalue weighted by molar-refractivity contribution is -0.117. The number of hydrogen-bond donors (Lipinski definition) is 1. The average Bonchev–Trinajstić information content (AvgIpc) is 2.34. The topological polar surface area (TPSA) is 55.6 Å². The summed E-state index contributed by atoms with van der Waals surface area (Å²) in [7, 11) is 0. The summed E-state index contributed by atoms with van der Waals surface area (Å²) in [5.41, 5.74) is 5.13. The van der Waals surface area contributed by atoms with E-state index in [1.54, 1.807) is 0 Å². The summed E-state index contributed by atoms with van der Waals surface area (Å²) in [6, 6.07) is 2.46. The van der Waals surface area contributed by atoms with Crippen LogP contribution in [0.2, 0.25) is 0 Å². The minimum atomic E-state index is -0.757. The molecule has 1 fully saturated rings. The van der Waals surface area contributed by atoms with E-state index in [2.05, 4.69) is 0 Å². The van der Waals surface area contributed by atoms with Gasteiger partial charge in [0.2, 0.25) is 5.91 Å². The van der Waals surface area contributed by atoms with Crippen molar-refractivity contribution in [2.24, 2.45) is 5.73 Å². The van der Waals surface area contributed by atoms with Gasteiger partial charge in [0, 0.05) is 24.3 Å². The molecule has 0 aromatic heterocycles. The lowest BCUT2D eigenvalue weighted by atomic mass is 10.1. The average molecular weight is 256 g/mol. The van der Waals surface area contributed by atoms with E-state index in [0.717, 1.165) is 0 Å². The molecule has 1 saturated heterocycles. The van der Waals surface area contributed by atoms with Gasteiger partial charge in [-0.05, 0) is 12.1 Å². The van der Waals surface area contributed by atoms with Crippen molar-refractivity contribution < 1.29 is 18.3 Å². The van der Waals surface area contributed by atoms with Crippen LogP contribution in [-0.4, -0.2) is 32.2 Å². The number of ether oxygens (including phenoxy) is 1. The first-order chi connectivity index (χ1) is 8.58. The van der Waals surface area contributed by atoms with E-state index >= 15 is 0 Å². The Balaban J connectivity index is 2.26. The highest BCUT2D eigenvalue weighted by atomic mass is 19.1. The monoisotopic (exact) mass is 256 g/mol. The van der Waals surface area contributed by atoms with Gasteiger partial charge < -0.3 is 15.4 Å². The highest BCUT2D eigenvalue weighted by molar-refractivity contribution is 5.77. The van der Waals surface area contributed by atoms with Gasteiger partial charge >= 0.3 is 0 Å². The van der Waals surface area contributed by atoms with E-state index in [0.29, 0.717) is 32.0 Å². The molecule has 0 unspecified atom stereocenters. The second kappa shape index (κ2) is 5.30. The smallest absolute Gasteiger partial charge is 0.222 e. The van der Waals surface area contributed by atoms with Crippen LogP contribution < -0.4 is 10.6 Å². The Morgan fingerprint density at radius 1 is 1.28 bits per heavy atom. The van der Waals surface area contributed by atoms with Gasteiger partial charge in [-0.2, -0.15) is 0 Å². The molecule has 0 aliphatic carbocycles. The molecule has 1 aliphatic rings. The molecule has 6 heteroatoms. The van der Waals surface area contributed by atoms with Crippen LogP contribution in [0.15, 0.2) is 12.1 Å². The lowest BCUT2D eigenvalue weighted by Crippen LogP contribution is -2.36. The van der Waals surface area contributed by atoms with Crippen molar-refractivity contribution in [3.05, 3.63) is 29.3 Å². The number of carbonyl (C=O) groups is 1. The summed E-state index contributed by atoms with van der Waals surface area (Å²) < 4.78 is 32.6. The molecule has 0 radical (unpaired) electrons. The van der Waals surface area contributed by atoms with Gasteiger partial charge in [-0.15, -0.1) is 0 Å². The Labute approximate surface area is 103 Å². The van der Waals surface area contributed by atoms with Crippen LogP contribution in [-0.2, 0) is 16.0 Å². The van der Waals surface area contributed by atoms with Crippen molar-refractivity contribution >= 4 is 11.6 Å². The standard InChI is InChI=1S/C12H14F2N2O2/c13-10-5-8(16-1-3-18-4-2-16)6-11(14)9(10)7-12(15)17/h5-6H,1-4,7H2,(H2,15,17). The zero-order valence-corrected chi connectivity index (χ0v) is 9.79. The van der Waals surface area contributed by atoms with Crippen LogP contribution in [0, 0.1) is 11.6 Å². The van der Waals surface area contributed by atoms with Crippen molar-refractivity contribution in [1.29, 1.82) is 0 Å². The Bertz CT molecular complexity index is 436. The van der Waals surface area contributed by atoms with E-state index in [1.165, 1.54) is 12.1 Å². The summed E-state index contributed by atoms with van der Waals surface area (Å²) in [4.78, 5) is 12.6. The minimum Gasteiger partial charge on any atom is -0.378 e. The number of primary amides is 1. The van der Waals surface area contributed by atoms with Crippen LogP contribution in [0.1, 0.15) is 5.56 Å². The van der Waals surface area contributed by atoms with Crippen molar-refractivity contribution in [1.82, 2.24) is 0 Å². The fourth-order valence-corrected chi connectivity index (χ4v) is 1.94. The molecule has 1 aromatic carbocycles. The molecule has 4 nitrogen and oxygen atoms in total. The fraction of sp³-hybridized carbons (Fsp3) is 0.417. The highest BCUT2D eigenvalue weighted by Gasteiger charge is 2.17. The van der Waals surface area contributed by atoms with Crippen molar-refractivity contribution in [3.8, 4) is 0 Å². The van der Waals surface area contributed by atoms with Gasteiger partial charge in [-0.25, -0.2) is 8.78 Å². The zero-order chi connectivity index (χ0) is 13.1. The third-order valence-corrected chi connectivity index (χ3v) is 2.85. The molecular formula is C12H14F2N2O2. The van der Waals surface area contributed by atoms with Crippen LogP contribution in [0.25, 0.3) is 0 Å². The molecule has 1 amide bonds. The van der Waals surface area contributed by atoms with E-state index < -0.39 is 24.0 Å². The highest BCUT2D eigenvalue weighted by Crippen LogP contribution is 2.23. The molecule has 18 heavy (non-hydrogen) atoms. The van der Waals surface area contributed by atoms with E-state index in [4.69, 9.17) is 10.5 Å². The van der Waals surface area contributed by atoms with Crippen LogP contribution in [0.3, 0.4) is 0 Å². The summed E-state index contributed by atoms with van der Waals surface area (Å²) in [6.45, 7) is 2.25. The number of benzene rings is 1. The van der Waals surface area contributed by atoms with Gasteiger partial charge in [-0.1, -0.05) is 0 Å². The number of carbonyl (C=O) groups excluding carboxylic acids is 1. The van der Waals surface area contributed by atoms with Gasteiger partial charge in [0.05, 0.1) is 19.6 Å². The van der Waals surface area contributed by atoms with Crippen molar-refractivity contribution in [2.75, 3.05) is 31.2 Å². The Morgan fingerprint density at radius 2 is 1.83 bits per heavy atom. The first-order valence-electron chi connectivity index (χ1n) is 5.67. The maximum Gasteiger partial charge on any atom is 0.222 e. The molecule has 1 aliphatic heterocycles. The lowest BCUT2D eigenvalue weighted by Gasteiger charge is -2.29. The van der Waals surface area contributed by atoms with E-state index in [-0.39, 0.29) is 5.56 Å². The second-order valence-corrected chi connectivity index (χ2v) is 4.13. The maximum atomic E-state index is 13.7. The number of nitrogens with zero attached hydrogens (tertiary/aromatic N) is 1. The second-order valence-electron chi connectivity index (χ2n) is 4.13. The predicted molar refractivity (Wildman–Crippen MR) is 62.3 cm³/mol. The number of anilines is 1. The molecule has 0 saturated carbocycles. The fourth-order valence-electron chi connectivity index (χ4n) is 1.94. The van der Waals surface area contributed by atoms with Crippen molar-refractivity contribution in [3.63, 3.8) is 0 Å². The summed E-state index contributed by atoms with van der Waals surface area (Å²) in [6.07, 6.45) is -0.430. The minimum absolute atomic E-state index is 0.278. The van der Waals surface area contributed by atoms with Crippen LogP contribution >= 0.6 is 0 Å². The van der Waals surface area contributed by atoms with E-state index in [1.807, 2.05) is 4.90 Å². The van der Waals surface area contributed by atoms with Crippen LogP contribution in [0.5, 0.6) is 0 Å². The molecule has 0 atom stereocenters. The molecule has 1 aromatic rings. The SMILES string of the molecule is NC(=O)Cc1c(F)cc(N2CCOCC2)cc1F. The van der Waals surface area contributed by atoms with Gasteiger partial charge in [0.25, 0.3) is 0 Å². The zero-order valence-electron chi connectivity index (χ0n) is 9.79. The number of rotatable bonds is 3. The van der Waals surface area contributed by atoms with Gasteiger partial charge in [0.15, 0.2) is 0 Å². The Morgan fingerprint density at radius 3 is 2.33 bits per heavy atom. The normalized spacial score (nSPS) is 15.8. The largest absolute Gasteiger partial charge is 0.378 e. The molecule has 2 N–H and O–H groups in total. The van der Waals surface area contributed by atoms with Gasteiger partial charge in [0.1, 0.15) is 11.6 Å². The third kappa shape index (κ3) is 2.76. The molecule has 98 valence electrons. The van der Waals surface area contributed by atoms with E-state index in [9.17, 15) is 13.6 Å². The van der Waals surface area contributed by atoms with Crippen LogP contribution in [0.4, 0.5) is 14.5 Å². The maximum absolute atomic E-state index is 13.7. The predicted octanol–water partition coefficient (Wildman–Crippen LogP) is 0.829. The summed E-state index contributed by atoms with van der Waals surface area (Å²) in [5.74, 6) is -2.24. The molecule has 0 bridgehead atoms. The molecular weight excluding hydrogens is 242 g/mol. The molecule has 1 heterocycles. The number of amides is 1. The molecule has 2 rings (SSSR count). The quantitative estimate of drug-likeness (QED) is 0.871. The Kier molecular flexibility index (Phi) is 3.76.